The summed E-state index contributed by atoms with van der Waals surface area (Å²) < 4.78 is 7.00. The fourth-order valence-electron chi connectivity index (χ4n) is 2.08. The maximum Gasteiger partial charge on any atom is 0.350 e. The molecule has 4 nitrogen and oxygen atoms in total. The van der Waals surface area contributed by atoms with Crippen LogP contribution in [0.3, 0.4) is 0 Å². The highest BCUT2D eigenvalue weighted by Crippen LogP contribution is 2.27. The Morgan fingerprint density at radius 3 is 2.67 bits per heavy atom. The van der Waals surface area contributed by atoms with Crippen molar-refractivity contribution in [2.24, 2.45) is 0 Å². The van der Waals surface area contributed by atoms with Crippen molar-refractivity contribution >= 4 is 39.2 Å². The van der Waals surface area contributed by atoms with Crippen LogP contribution in [0.25, 0.3) is 16.2 Å². The molecule has 0 aliphatic heterocycles. The Bertz CT molecular complexity index is 765. The van der Waals surface area contributed by atoms with Gasteiger partial charge in [-0.3, -0.25) is 4.40 Å². The van der Waals surface area contributed by atoms with Crippen LogP contribution in [0.4, 0.5) is 0 Å². The lowest BCUT2D eigenvalue weighted by Gasteiger charge is -1.99. The number of rotatable bonds is 3. The van der Waals surface area contributed by atoms with E-state index in [-0.39, 0.29) is 23.0 Å². The van der Waals surface area contributed by atoms with Crippen LogP contribution in [-0.2, 0) is 4.74 Å². The van der Waals surface area contributed by atoms with Gasteiger partial charge >= 0.3 is 5.97 Å². The van der Waals surface area contributed by atoms with Gasteiger partial charge in [0.2, 0.25) is 0 Å². The minimum atomic E-state index is -0.276. The molecule has 0 atom stereocenters. The summed E-state index contributed by atoms with van der Waals surface area (Å²) in [6.07, 6.45) is 1.96. The number of hydrogen-bond acceptors (Lipinski definition) is 4. The van der Waals surface area contributed by atoms with E-state index in [1.54, 1.807) is 6.92 Å². The van der Waals surface area contributed by atoms with Gasteiger partial charge in [0.15, 0.2) is 4.96 Å². The Balaban J connectivity index is 0.00000161. The van der Waals surface area contributed by atoms with Gasteiger partial charge in [-0.15, -0.1) is 17.0 Å². The minimum Gasteiger partial charge on any atom is -0.462 e. The molecule has 110 valence electrons. The van der Waals surface area contributed by atoms with Gasteiger partial charge in [0.1, 0.15) is 4.88 Å². The van der Waals surface area contributed by atoms with Crippen LogP contribution < -0.4 is 0 Å². The number of carbonyl (C=O) groups excluding carboxylic acids is 1. The number of thiazole rings is 1. The second-order valence-corrected chi connectivity index (χ2v) is 5.36. The maximum absolute atomic E-state index is 11.8. The highest BCUT2D eigenvalue weighted by Gasteiger charge is 2.18. The number of hydrogen-bond donors (Lipinski definition) is 0. The Morgan fingerprint density at radius 2 is 2.05 bits per heavy atom. The Morgan fingerprint density at radius 1 is 1.33 bits per heavy atom. The smallest absolute Gasteiger partial charge is 0.350 e. The molecule has 0 radical (unpaired) electrons. The second-order valence-electron chi connectivity index (χ2n) is 4.38. The molecule has 21 heavy (non-hydrogen) atoms. The van der Waals surface area contributed by atoms with Crippen molar-refractivity contribution in [3.05, 3.63) is 47.1 Å². The molecule has 0 unspecified atom stereocenters. The lowest BCUT2D eigenvalue weighted by Crippen LogP contribution is -2.04. The molecule has 0 saturated carbocycles. The van der Waals surface area contributed by atoms with Crippen LogP contribution >= 0.6 is 28.3 Å². The molecule has 0 amide bonds. The van der Waals surface area contributed by atoms with Gasteiger partial charge in [0, 0.05) is 17.5 Å². The zero-order valence-corrected chi connectivity index (χ0v) is 14.2. The number of benzene rings is 1. The SMILES string of the molecule is Br.CCOC(=O)c1sc2nc(-c3ccccc3)cn2c1C. The lowest BCUT2D eigenvalue weighted by molar-refractivity contribution is 0.0531. The first-order chi connectivity index (χ1) is 9.70. The lowest BCUT2D eigenvalue weighted by atomic mass is 10.2. The molecule has 0 bridgehead atoms. The van der Waals surface area contributed by atoms with Gasteiger partial charge < -0.3 is 4.74 Å². The zero-order valence-electron chi connectivity index (χ0n) is 11.7. The van der Waals surface area contributed by atoms with Gasteiger partial charge in [-0.1, -0.05) is 41.7 Å². The summed E-state index contributed by atoms with van der Waals surface area (Å²) in [5, 5.41) is 0. The van der Waals surface area contributed by atoms with Crippen LogP contribution in [0.5, 0.6) is 0 Å². The fourth-order valence-corrected chi connectivity index (χ4v) is 3.09. The van der Waals surface area contributed by atoms with Crippen molar-refractivity contribution in [3.8, 4) is 11.3 Å². The molecule has 3 aromatic rings. The fraction of sp³-hybridized carbons (Fsp3) is 0.200. The molecule has 0 aliphatic rings. The summed E-state index contributed by atoms with van der Waals surface area (Å²) in [6.45, 7) is 4.10. The average molecular weight is 367 g/mol. The topological polar surface area (TPSA) is 43.6 Å². The molecule has 0 N–H and O–H groups in total. The molecule has 0 saturated heterocycles. The Kier molecular flexibility index (Phi) is 4.80. The molecular weight excluding hydrogens is 352 g/mol. The number of aromatic nitrogens is 2. The third-order valence-electron chi connectivity index (χ3n) is 3.09. The molecule has 1 aromatic carbocycles. The van der Waals surface area contributed by atoms with E-state index in [9.17, 15) is 4.79 Å². The van der Waals surface area contributed by atoms with Crippen LogP contribution in [-0.4, -0.2) is 22.0 Å². The van der Waals surface area contributed by atoms with Crippen LogP contribution in [0.2, 0.25) is 0 Å². The van der Waals surface area contributed by atoms with E-state index < -0.39 is 0 Å². The first-order valence-corrected chi connectivity index (χ1v) is 7.23. The number of fused-ring (bicyclic) bond motifs is 1. The standard InChI is InChI=1S/C15H14N2O2S.BrH/c1-3-19-14(18)13-10(2)17-9-12(16-15(17)20-13)11-7-5-4-6-8-11;/h4-9H,3H2,1-2H3;1H. The van der Waals surface area contributed by atoms with E-state index in [4.69, 9.17) is 4.74 Å². The highest BCUT2D eigenvalue weighted by atomic mass is 79.9. The van der Waals surface area contributed by atoms with E-state index in [1.165, 1.54) is 11.3 Å². The number of nitrogens with zero attached hydrogens (tertiary/aromatic N) is 2. The van der Waals surface area contributed by atoms with Crippen LogP contribution in [0.1, 0.15) is 22.3 Å². The largest absolute Gasteiger partial charge is 0.462 e. The second kappa shape index (κ2) is 6.41. The first kappa shape index (κ1) is 15.7. The predicted molar refractivity (Wildman–Crippen MR) is 89.5 cm³/mol. The average Bonchev–Trinajstić information content (AvgIpc) is 3.00. The van der Waals surface area contributed by atoms with Gasteiger partial charge in [-0.05, 0) is 13.8 Å². The molecule has 0 aliphatic carbocycles. The van der Waals surface area contributed by atoms with Crippen molar-refractivity contribution in [3.63, 3.8) is 0 Å². The van der Waals surface area contributed by atoms with Gasteiger partial charge in [0.25, 0.3) is 0 Å². The van der Waals surface area contributed by atoms with E-state index in [0.29, 0.717) is 11.5 Å². The third-order valence-corrected chi connectivity index (χ3v) is 4.22. The van der Waals surface area contributed by atoms with Crippen molar-refractivity contribution in [1.82, 2.24) is 9.38 Å². The van der Waals surface area contributed by atoms with Gasteiger partial charge in [-0.2, -0.15) is 0 Å². The first-order valence-electron chi connectivity index (χ1n) is 6.41. The molecule has 2 aromatic heterocycles. The van der Waals surface area contributed by atoms with Crippen LogP contribution in [0.15, 0.2) is 36.5 Å². The summed E-state index contributed by atoms with van der Waals surface area (Å²) in [5.41, 5.74) is 2.86. The maximum atomic E-state index is 11.8. The molecule has 2 heterocycles. The minimum absolute atomic E-state index is 0. The Labute approximate surface area is 137 Å². The Hall–Kier alpha value is -1.66. The third kappa shape index (κ3) is 2.87. The number of ether oxygens (including phenoxy) is 1. The number of halogens is 1. The molecule has 3 rings (SSSR count). The molecule has 0 spiro atoms. The van der Waals surface area contributed by atoms with Crippen molar-refractivity contribution < 1.29 is 9.53 Å². The summed E-state index contributed by atoms with van der Waals surface area (Å²) in [4.78, 5) is 17.8. The normalized spacial score (nSPS) is 10.4. The highest BCUT2D eigenvalue weighted by molar-refractivity contribution is 8.93. The number of carbonyl (C=O) groups is 1. The van der Waals surface area contributed by atoms with E-state index in [1.807, 2.05) is 47.9 Å². The predicted octanol–water partition coefficient (Wildman–Crippen LogP) is 4.13. The summed E-state index contributed by atoms with van der Waals surface area (Å²) in [5.74, 6) is -0.276. The van der Waals surface area contributed by atoms with Crippen molar-refractivity contribution in [2.75, 3.05) is 6.61 Å². The molecular formula is C15H15BrN2O2S. The number of aryl methyl sites for hydroxylation is 1. The van der Waals surface area contributed by atoms with Gasteiger partial charge in [-0.25, -0.2) is 9.78 Å². The van der Waals surface area contributed by atoms with Crippen LogP contribution in [0, 0.1) is 6.92 Å². The van der Waals surface area contributed by atoms with E-state index in [2.05, 4.69) is 4.98 Å². The summed E-state index contributed by atoms with van der Waals surface area (Å²) in [7, 11) is 0. The summed E-state index contributed by atoms with van der Waals surface area (Å²) >= 11 is 1.36. The quantitative estimate of drug-likeness (QED) is 0.654. The van der Waals surface area contributed by atoms with Crippen molar-refractivity contribution in [1.29, 1.82) is 0 Å². The molecule has 6 heteroatoms. The molecule has 0 fully saturated rings. The van der Waals surface area contributed by atoms with Crippen molar-refractivity contribution in [2.45, 2.75) is 13.8 Å². The number of esters is 1. The summed E-state index contributed by atoms with van der Waals surface area (Å²) in [6, 6.07) is 9.99. The van der Waals surface area contributed by atoms with Gasteiger partial charge in [0.05, 0.1) is 12.3 Å². The van der Waals surface area contributed by atoms with E-state index in [0.717, 1.165) is 21.9 Å². The zero-order chi connectivity index (χ0) is 14.1. The number of imidazole rings is 1. The monoisotopic (exact) mass is 366 g/mol. The van der Waals surface area contributed by atoms with E-state index >= 15 is 0 Å².